The Hall–Kier alpha value is -3.91. The van der Waals surface area contributed by atoms with E-state index in [4.69, 9.17) is 9.72 Å². The van der Waals surface area contributed by atoms with Crippen molar-refractivity contribution in [3.8, 4) is 11.4 Å². The maximum atomic E-state index is 13.0. The summed E-state index contributed by atoms with van der Waals surface area (Å²) in [4.78, 5) is 27.2. The first-order chi connectivity index (χ1) is 16.0. The Bertz CT molecular complexity index is 1340. The van der Waals surface area contributed by atoms with Crippen LogP contribution in [0, 0.1) is 6.92 Å². The molecule has 0 bridgehead atoms. The highest BCUT2D eigenvalue weighted by atomic mass is 16.5. The lowest BCUT2D eigenvalue weighted by Gasteiger charge is -2.31. The van der Waals surface area contributed by atoms with Crippen LogP contribution in [0.3, 0.4) is 0 Å². The number of nitrogens with one attached hydrogen (secondary N) is 2. The number of methoxy groups -OCH3 is 1. The molecule has 8 nitrogen and oxygen atoms in total. The largest absolute Gasteiger partial charge is 0.494 e. The molecule has 0 saturated heterocycles. The van der Waals surface area contributed by atoms with Crippen molar-refractivity contribution in [1.29, 1.82) is 0 Å². The van der Waals surface area contributed by atoms with Crippen LogP contribution in [-0.4, -0.2) is 45.1 Å². The number of hydrogen-bond donors (Lipinski definition) is 2. The molecule has 0 saturated carbocycles. The monoisotopic (exact) mass is 442 g/mol. The molecule has 0 spiro atoms. The topological polar surface area (TPSA) is 88.1 Å². The molecule has 0 fully saturated rings. The van der Waals surface area contributed by atoms with E-state index in [1.54, 1.807) is 13.4 Å². The highest BCUT2D eigenvalue weighted by molar-refractivity contribution is 5.62. The average molecular weight is 443 g/mol. The second-order valence-electron chi connectivity index (χ2n) is 8.37. The van der Waals surface area contributed by atoms with E-state index in [1.165, 1.54) is 0 Å². The first-order valence-electron chi connectivity index (χ1n) is 10.8. The number of rotatable bonds is 5. The Morgan fingerprint density at radius 3 is 2.73 bits per heavy atom. The van der Waals surface area contributed by atoms with E-state index in [2.05, 4.69) is 32.3 Å². The molecule has 1 aliphatic heterocycles. The highest BCUT2D eigenvalue weighted by Gasteiger charge is 2.29. The van der Waals surface area contributed by atoms with Crippen LogP contribution in [0.25, 0.3) is 5.69 Å². The third-order valence-electron chi connectivity index (χ3n) is 5.93. The summed E-state index contributed by atoms with van der Waals surface area (Å²) in [5.41, 5.74) is 5.13. The van der Waals surface area contributed by atoms with E-state index >= 15 is 0 Å². The lowest BCUT2D eigenvalue weighted by Crippen LogP contribution is -2.36. The number of imidazole rings is 1. The molecule has 33 heavy (non-hydrogen) atoms. The van der Waals surface area contributed by atoms with Crippen molar-refractivity contribution < 1.29 is 4.74 Å². The van der Waals surface area contributed by atoms with Gasteiger partial charge < -0.3 is 19.5 Å². The van der Waals surface area contributed by atoms with Gasteiger partial charge in [-0.2, -0.15) is 0 Å². The Morgan fingerprint density at radius 2 is 2.00 bits per heavy atom. The van der Waals surface area contributed by atoms with Crippen molar-refractivity contribution in [3.63, 3.8) is 0 Å². The summed E-state index contributed by atoms with van der Waals surface area (Å²) in [5, 5.41) is 3.25. The van der Waals surface area contributed by atoms with Gasteiger partial charge in [-0.3, -0.25) is 9.78 Å². The van der Waals surface area contributed by atoms with E-state index in [9.17, 15) is 4.79 Å². The highest BCUT2D eigenvalue weighted by Crippen LogP contribution is 2.32. The first kappa shape index (κ1) is 21.0. The molecular formula is C25H26N6O2. The second kappa shape index (κ2) is 8.55. The zero-order valence-electron chi connectivity index (χ0n) is 18.9. The first-order valence-corrected chi connectivity index (χ1v) is 10.8. The third kappa shape index (κ3) is 4.12. The number of anilines is 2. The quantitative estimate of drug-likeness (QED) is 0.491. The molecule has 0 aliphatic carbocycles. The van der Waals surface area contributed by atoms with Gasteiger partial charge in [-0.25, -0.2) is 9.97 Å². The number of benzene rings is 2. The van der Waals surface area contributed by atoms with Gasteiger partial charge in [-0.1, -0.05) is 30.3 Å². The number of hydrogen-bond acceptors (Lipinski definition) is 6. The fourth-order valence-electron chi connectivity index (χ4n) is 4.36. The molecule has 4 aromatic rings. The van der Waals surface area contributed by atoms with Crippen LogP contribution in [-0.2, 0) is 6.54 Å². The molecule has 0 amide bonds. The summed E-state index contributed by atoms with van der Waals surface area (Å²) in [6.45, 7) is 3.32. The maximum Gasteiger partial charge on any atom is 0.257 e. The Morgan fingerprint density at radius 1 is 1.18 bits per heavy atom. The van der Waals surface area contributed by atoms with Gasteiger partial charge in [0.15, 0.2) is 0 Å². The molecule has 2 aromatic heterocycles. The predicted octanol–water partition coefficient (Wildman–Crippen LogP) is 3.59. The molecule has 1 aliphatic rings. The minimum absolute atomic E-state index is 0.0317. The molecule has 1 unspecified atom stereocenters. The standard InChI is InChI=1S/C25H26N6O2/c1-16-12-31(15-26-16)21-10-9-18(11-22(21)33-3)27-25-28-23-19(17-7-5-4-6-8-17)13-30(2)14-20(23)24(32)29-25/h4-12,15,19H,13-14H2,1-3H3,(H2,27,28,29,32). The molecule has 2 N–H and O–H groups in total. The lowest BCUT2D eigenvalue weighted by molar-refractivity contribution is 0.289. The van der Waals surface area contributed by atoms with E-state index in [0.717, 1.165) is 34.9 Å². The van der Waals surface area contributed by atoms with Crippen LogP contribution in [0.5, 0.6) is 5.75 Å². The summed E-state index contributed by atoms with van der Waals surface area (Å²) in [6, 6.07) is 16.0. The zero-order valence-corrected chi connectivity index (χ0v) is 18.9. The second-order valence-corrected chi connectivity index (χ2v) is 8.37. The van der Waals surface area contributed by atoms with Gasteiger partial charge in [0.1, 0.15) is 5.75 Å². The van der Waals surface area contributed by atoms with E-state index in [1.807, 2.05) is 61.1 Å². The summed E-state index contributed by atoms with van der Waals surface area (Å²) < 4.78 is 7.52. The third-order valence-corrected chi connectivity index (χ3v) is 5.93. The number of ether oxygens (including phenoxy) is 1. The maximum absolute atomic E-state index is 13.0. The molecule has 5 rings (SSSR count). The fourth-order valence-corrected chi connectivity index (χ4v) is 4.36. The summed E-state index contributed by atoms with van der Waals surface area (Å²) >= 11 is 0. The van der Waals surface area contributed by atoms with Crippen molar-refractivity contribution in [2.75, 3.05) is 26.0 Å². The lowest BCUT2D eigenvalue weighted by atomic mass is 9.89. The van der Waals surface area contributed by atoms with Crippen LogP contribution in [0.2, 0.25) is 0 Å². The predicted molar refractivity (Wildman–Crippen MR) is 128 cm³/mol. The van der Waals surface area contributed by atoms with Gasteiger partial charge in [-0.15, -0.1) is 0 Å². The summed E-state index contributed by atoms with van der Waals surface area (Å²) in [5.74, 6) is 1.13. The molecule has 168 valence electrons. The number of likely N-dealkylation sites (N-methyl/N-ethyl adjacent to an activating group) is 1. The Balaban J connectivity index is 1.50. The Kier molecular flexibility index (Phi) is 5.43. The van der Waals surface area contributed by atoms with E-state index in [-0.39, 0.29) is 11.5 Å². The summed E-state index contributed by atoms with van der Waals surface area (Å²) in [7, 11) is 3.66. The van der Waals surface area contributed by atoms with Crippen LogP contribution >= 0.6 is 0 Å². The smallest absolute Gasteiger partial charge is 0.257 e. The van der Waals surface area contributed by atoms with Crippen molar-refractivity contribution in [2.45, 2.75) is 19.4 Å². The van der Waals surface area contributed by atoms with Crippen molar-refractivity contribution >= 4 is 11.6 Å². The van der Waals surface area contributed by atoms with Crippen molar-refractivity contribution in [2.24, 2.45) is 0 Å². The van der Waals surface area contributed by atoms with Crippen molar-refractivity contribution in [3.05, 3.63) is 93.9 Å². The molecule has 2 aromatic carbocycles. The van der Waals surface area contributed by atoms with Gasteiger partial charge in [0.25, 0.3) is 5.56 Å². The Labute approximate surface area is 191 Å². The van der Waals surface area contributed by atoms with E-state index in [0.29, 0.717) is 23.8 Å². The zero-order chi connectivity index (χ0) is 22.9. The van der Waals surface area contributed by atoms with Crippen LogP contribution in [0.15, 0.2) is 65.8 Å². The van der Waals surface area contributed by atoms with Gasteiger partial charge in [0.2, 0.25) is 5.95 Å². The number of aromatic nitrogens is 4. The summed E-state index contributed by atoms with van der Waals surface area (Å²) in [6.07, 6.45) is 3.69. The number of fused-ring (bicyclic) bond motifs is 1. The number of nitrogens with zero attached hydrogens (tertiary/aromatic N) is 4. The van der Waals surface area contributed by atoms with Gasteiger partial charge in [-0.05, 0) is 31.7 Å². The molecule has 0 radical (unpaired) electrons. The molecule has 8 heteroatoms. The van der Waals surface area contributed by atoms with E-state index < -0.39 is 0 Å². The average Bonchev–Trinajstić information content (AvgIpc) is 3.25. The normalized spacial score (nSPS) is 15.8. The van der Waals surface area contributed by atoms with Crippen molar-refractivity contribution in [1.82, 2.24) is 24.4 Å². The molecule has 3 heterocycles. The minimum Gasteiger partial charge on any atom is -0.494 e. The van der Waals surface area contributed by atoms with Crippen LogP contribution in [0.4, 0.5) is 11.6 Å². The molecule has 1 atom stereocenters. The minimum atomic E-state index is -0.118. The van der Waals surface area contributed by atoms with Gasteiger partial charge in [0.05, 0.1) is 36.1 Å². The van der Waals surface area contributed by atoms with Crippen LogP contribution in [0.1, 0.15) is 28.4 Å². The number of H-pyrrole nitrogens is 1. The fraction of sp³-hybridized carbons (Fsp3) is 0.240. The molecular weight excluding hydrogens is 416 g/mol. The number of aryl methyl sites for hydroxylation is 1. The van der Waals surface area contributed by atoms with Gasteiger partial charge in [0, 0.05) is 37.0 Å². The van der Waals surface area contributed by atoms with Gasteiger partial charge >= 0.3 is 0 Å². The SMILES string of the molecule is COc1cc(Nc2nc3c(c(=O)[nH]2)CN(C)CC3c2ccccc2)ccc1-n1cnc(C)c1. The van der Waals surface area contributed by atoms with Crippen LogP contribution < -0.4 is 15.6 Å². The number of aromatic amines is 1.